The molecule has 1 aliphatic rings. The van der Waals surface area contributed by atoms with Crippen LogP contribution in [0.1, 0.15) is 24.0 Å². The van der Waals surface area contributed by atoms with Gasteiger partial charge in [-0.05, 0) is 11.1 Å². The summed E-state index contributed by atoms with van der Waals surface area (Å²) in [7, 11) is 0. The highest BCUT2D eigenvalue weighted by Crippen LogP contribution is 2.32. The summed E-state index contributed by atoms with van der Waals surface area (Å²) in [4.78, 5) is 36.5. The molecule has 0 radical (unpaired) electrons. The first-order valence-electron chi connectivity index (χ1n) is 8.56. The summed E-state index contributed by atoms with van der Waals surface area (Å²) in [6.07, 6.45) is 0.0530. The van der Waals surface area contributed by atoms with Crippen molar-refractivity contribution in [1.29, 1.82) is 0 Å². The van der Waals surface area contributed by atoms with Gasteiger partial charge in [-0.3, -0.25) is 14.4 Å². The van der Waals surface area contributed by atoms with Gasteiger partial charge in [0.25, 0.3) is 0 Å². The van der Waals surface area contributed by atoms with Crippen LogP contribution in [0, 0.1) is 11.8 Å². The van der Waals surface area contributed by atoms with Crippen LogP contribution in [-0.2, 0) is 37.1 Å². The smallest absolute Gasteiger partial charge is 0.310 e. The van der Waals surface area contributed by atoms with E-state index in [9.17, 15) is 14.4 Å². The van der Waals surface area contributed by atoms with Crippen molar-refractivity contribution >= 4 is 17.7 Å². The van der Waals surface area contributed by atoms with E-state index in [1.165, 1.54) is 0 Å². The maximum atomic E-state index is 12.4. The minimum Gasteiger partial charge on any atom is -0.461 e. The molecule has 1 saturated carbocycles. The van der Waals surface area contributed by atoms with E-state index in [0.717, 1.165) is 11.1 Å². The van der Waals surface area contributed by atoms with Crippen LogP contribution in [0.25, 0.3) is 0 Å². The van der Waals surface area contributed by atoms with E-state index >= 15 is 0 Å². The lowest BCUT2D eigenvalue weighted by Crippen LogP contribution is -2.28. The summed E-state index contributed by atoms with van der Waals surface area (Å²) < 4.78 is 10.6. The number of hydrogen-bond donors (Lipinski definition) is 0. The Morgan fingerprint density at radius 1 is 0.731 bits per heavy atom. The van der Waals surface area contributed by atoms with Gasteiger partial charge in [-0.1, -0.05) is 60.7 Å². The van der Waals surface area contributed by atoms with Gasteiger partial charge in [0, 0.05) is 12.8 Å². The van der Waals surface area contributed by atoms with Gasteiger partial charge in [0.1, 0.15) is 19.0 Å². The summed E-state index contributed by atoms with van der Waals surface area (Å²) in [5.74, 6) is -2.71. The van der Waals surface area contributed by atoms with E-state index in [1.807, 2.05) is 60.7 Å². The van der Waals surface area contributed by atoms with Crippen LogP contribution in [0.5, 0.6) is 0 Å². The summed E-state index contributed by atoms with van der Waals surface area (Å²) in [5.41, 5.74) is 1.71. The first kappa shape index (κ1) is 17.9. The Bertz CT molecular complexity index is 704. The number of ketones is 1. The molecule has 5 heteroatoms. The molecule has 134 valence electrons. The number of carbonyl (C=O) groups is 3. The minimum atomic E-state index is -0.769. The van der Waals surface area contributed by atoms with Gasteiger partial charge in [0.15, 0.2) is 0 Å². The molecule has 0 bridgehead atoms. The first-order valence-corrected chi connectivity index (χ1v) is 8.56. The van der Waals surface area contributed by atoms with Gasteiger partial charge in [-0.25, -0.2) is 0 Å². The standard InChI is InChI=1S/C21H20O5/c22-17-11-18(20(23)25-13-15-7-3-1-4-8-15)19(12-17)21(24)26-14-16-9-5-2-6-10-16/h1-10,18-19H,11-14H2/t18-,19-/m1/s1. The van der Waals surface area contributed by atoms with Crippen molar-refractivity contribution in [3.63, 3.8) is 0 Å². The van der Waals surface area contributed by atoms with Crippen molar-refractivity contribution in [2.24, 2.45) is 11.8 Å². The Balaban J connectivity index is 1.57. The van der Waals surface area contributed by atoms with Crippen molar-refractivity contribution in [2.45, 2.75) is 26.1 Å². The Labute approximate surface area is 151 Å². The molecule has 0 spiro atoms. The number of esters is 2. The molecule has 1 aliphatic carbocycles. The highest BCUT2D eigenvalue weighted by molar-refractivity contribution is 5.95. The molecule has 0 amide bonds. The molecule has 2 aromatic carbocycles. The molecule has 0 aliphatic heterocycles. The monoisotopic (exact) mass is 352 g/mol. The van der Waals surface area contributed by atoms with Crippen molar-refractivity contribution < 1.29 is 23.9 Å². The molecule has 0 N–H and O–H groups in total. The van der Waals surface area contributed by atoms with E-state index in [1.54, 1.807) is 0 Å². The maximum Gasteiger partial charge on any atom is 0.310 e. The normalized spacial score (nSPS) is 19.2. The van der Waals surface area contributed by atoms with E-state index < -0.39 is 23.8 Å². The number of rotatable bonds is 6. The minimum absolute atomic E-state index is 0.0265. The molecule has 2 atom stereocenters. The third kappa shape index (κ3) is 4.57. The molecule has 0 saturated heterocycles. The van der Waals surface area contributed by atoms with E-state index in [2.05, 4.69) is 0 Å². The summed E-state index contributed by atoms with van der Waals surface area (Å²) in [5, 5.41) is 0. The lowest BCUT2D eigenvalue weighted by Gasteiger charge is -2.17. The fourth-order valence-corrected chi connectivity index (χ4v) is 3.03. The zero-order valence-electron chi connectivity index (χ0n) is 14.3. The number of carbonyl (C=O) groups excluding carboxylic acids is 3. The Morgan fingerprint density at radius 3 is 1.50 bits per heavy atom. The average Bonchev–Trinajstić information content (AvgIpc) is 3.08. The highest BCUT2D eigenvalue weighted by atomic mass is 16.5. The molecule has 0 aromatic heterocycles. The van der Waals surface area contributed by atoms with Gasteiger partial charge in [0.05, 0.1) is 11.8 Å². The van der Waals surface area contributed by atoms with Crippen LogP contribution in [0.15, 0.2) is 60.7 Å². The molecule has 26 heavy (non-hydrogen) atoms. The molecule has 1 fully saturated rings. The van der Waals surface area contributed by atoms with Crippen LogP contribution < -0.4 is 0 Å². The van der Waals surface area contributed by atoms with Gasteiger partial charge >= 0.3 is 11.9 Å². The van der Waals surface area contributed by atoms with Crippen molar-refractivity contribution in [3.8, 4) is 0 Å². The summed E-state index contributed by atoms with van der Waals surface area (Å²) in [6.45, 7) is 0.242. The van der Waals surface area contributed by atoms with Crippen molar-refractivity contribution in [1.82, 2.24) is 0 Å². The SMILES string of the molecule is O=C1C[C@@H](C(=O)OCc2ccccc2)[C@H](C(=O)OCc2ccccc2)C1. The number of Topliss-reactive ketones (excluding diaryl/α,β-unsaturated/α-hetero) is 1. The molecular formula is C21H20O5. The van der Waals surface area contributed by atoms with Crippen LogP contribution in [0.4, 0.5) is 0 Å². The number of hydrogen-bond acceptors (Lipinski definition) is 5. The van der Waals surface area contributed by atoms with E-state index in [-0.39, 0.29) is 31.8 Å². The molecular weight excluding hydrogens is 332 g/mol. The summed E-state index contributed by atoms with van der Waals surface area (Å²) in [6, 6.07) is 18.5. The van der Waals surface area contributed by atoms with Crippen LogP contribution in [-0.4, -0.2) is 17.7 Å². The molecule has 0 heterocycles. The lowest BCUT2D eigenvalue weighted by molar-refractivity contribution is -0.160. The van der Waals surface area contributed by atoms with Crippen LogP contribution >= 0.6 is 0 Å². The lowest BCUT2D eigenvalue weighted by atomic mass is 9.96. The van der Waals surface area contributed by atoms with Crippen molar-refractivity contribution in [2.75, 3.05) is 0 Å². The molecule has 5 nitrogen and oxygen atoms in total. The highest BCUT2D eigenvalue weighted by Gasteiger charge is 2.44. The van der Waals surface area contributed by atoms with Crippen LogP contribution in [0.3, 0.4) is 0 Å². The largest absolute Gasteiger partial charge is 0.461 e. The Hall–Kier alpha value is -2.95. The zero-order valence-corrected chi connectivity index (χ0v) is 14.3. The second kappa shape index (κ2) is 8.43. The Kier molecular flexibility index (Phi) is 5.79. The summed E-state index contributed by atoms with van der Waals surface area (Å²) >= 11 is 0. The maximum absolute atomic E-state index is 12.4. The second-order valence-electron chi connectivity index (χ2n) is 6.35. The average molecular weight is 352 g/mol. The van der Waals surface area contributed by atoms with Gasteiger partial charge in [-0.2, -0.15) is 0 Å². The fraction of sp³-hybridized carbons (Fsp3) is 0.286. The van der Waals surface area contributed by atoms with E-state index in [0.29, 0.717) is 0 Å². The molecule has 0 unspecified atom stereocenters. The van der Waals surface area contributed by atoms with Crippen LogP contribution in [0.2, 0.25) is 0 Å². The third-order valence-corrected chi connectivity index (χ3v) is 4.43. The Morgan fingerprint density at radius 2 is 1.12 bits per heavy atom. The quantitative estimate of drug-likeness (QED) is 0.747. The third-order valence-electron chi connectivity index (χ3n) is 4.43. The fourth-order valence-electron chi connectivity index (χ4n) is 3.03. The predicted octanol–water partition coefficient (Wildman–Crippen LogP) is 3.07. The number of benzene rings is 2. The van der Waals surface area contributed by atoms with E-state index in [4.69, 9.17) is 9.47 Å². The predicted molar refractivity (Wildman–Crippen MR) is 93.7 cm³/mol. The van der Waals surface area contributed by atoms with Gasteiger partial charge in [-0.15, -0.1) is 0 Å². The topological polar surface area (TPSA) is 69.7 Å². The zero-order chi connectivity index (χ0) is 18.4. The second-order valence-corrected chi connectivity index (χ2v) is 6.35. The van der Waals surface area contributed by atoms with Crippen molar-refractivity contribution in [3.05, 3.63) is 71.8 Å². The number of ether oxygens (including phenoxy) is 2. The first-order chi connectivity index (χ1) is 12.6. The van der Waals surface area contributed by atoms with Gasteiger partial charge < -0.3 is 9.47 Å². The molecule has 2 aromatic rings. The van der Waals surface area contributed by atoms with Gasteiger partial charge in [0.2, 0.25) is 0 Å². The molecule has 3 rings (SSSR count).